The van der Waals surface area contributed by atoms with Crippen LogP contribution in [0.25, 0.3) is 10.8 Å². The molecule has 22 heavy (non-hydrogen) atoms. The molecule has 1 heterocycles. The fourth-order valence-corrected chi connectivity index (χ4v) is 4.14. The van der Waals surface area contributed by atoms with Crippen molar-refractivity contribution in [1.29, 1.82) is 0 Å². The van der Waals surface area contributed by atoms with E-state index in [9.17, 15) is 4.79 Å². The lowest BCUT2D eigenvalue weighted by Crippen LogP contribution is -2.29. The standard InChI is InChI=1S/C20H20O2/c1-14-10-18-13-22-19(21)20(18,12-14)9-8-15-6-7-16-4-2-3-5-17(16)11-15/h2-7,11,18H,1,8-10,12-13H2. The number of cyclic esters (lactones) is 1. The summed E-state index contributed by atoms with van der Waals surface area (Å²) in [5.74, 6) is 0.338. The highest BCUT2D eigenvalue weighted by Crippen LogP contribution is 2.53. The third-order valence-corrected chi connectivity index (χ3v) is 5.38. The number of benzene rings is 2. The number of hydrogen-bond donors (Lipinski definition) is 0. The quantitative estimate of drug-likeness (QED) is 0.623. The Hall–Kier alpha value is -2.09. The van der Waals surface area contributed by atoms with Gasteiger partial charge >= 0.3 is 5.97 Å². The van der Waals surface area contributed by atoms with Crippen LogP contribution in [0, 0.1) is 11.3 Å². The summed E-state index contributed by atoms with van der Waals surface area (Å²) in [5, 5.41) is 2.52. The lowest BCUT2D eigenvalue weighted by molar-refractivity contribution is -0.146. The van der Waals surface area contributed by atoms with Crippen molar-refractivity contribution in [2.24, 2.45) is 11.3 Å². The summed E-state index contributed by atoms with van der Waals surface area (Å²) in [4.78, 5) is 12.3. The summed E-state index contributed by atoms with van der Waals surface area (Å²) in [6, 6.07) is 15.0. The zero-order chi connectivity index (χ0) is 15.2. The minimum absolute atomic E-state index is 0.00283. The number of ether oxygens (including phenoxy) is 1. The van der Waals surface area contributed by atoms with Gasteiger partial charge in [-0.2, -0.15) is 0 Å². The monoisotopic (exact) mass is 292 g/mol. The summed E-state index contributed by atoms with van der Waals surface area (Å²) in [5.41, 5.74) is 2.20. The minimum Gasteiger partial charge on any atom is -0.465 e. The number of carbonyl (C=O) groups excluding carboxylic acids is 1. The van der Waals surface area contributed by atoms with E-state index in [1.165, 1.54) is 21.9 Å². The largest absolute Gasteiger partial charge is 0.465 e. The number of hydrogen-bond acceptors (Lipinski definition) is 2. The molecule has 4 rings (SSSR count). The van der Waals surface area contributed by atoms with E-state index in [0.29, 0.717) is 12.5 Å². The first-order valence-corrected chi connectivity index (χ1v) is 7.99. The van der Waals surface area contributed by atoms with Crippen LogP contribution >= 0.6 is 0 Å². The van der Waals surface area contributed by atoms with E-state index in [2.05, 4.69) is 49.0 Å². The molecule has 1 aliphatic heterocycles. The molecule has 2 unspecified atom stereocenters. The van der Waals surface area contributed by atoms with Crippen molar-refractivity contribution in [1.82, 2.24) is 0 Å². The first-order chi connectivity index (χ1) is 10.7. The predicted molar refractivity (Wildman–Crippen MR) is 87.5 cm³/mol. The fourth-order valence-electron chi connectivity index (χ4n) is 4.14. The van der Waals surface area contributed by atoms with Crippen LogP contribution < -0.4 is 0 Å². The molecule has 0 spiro atoms. The summed E-state index contributed by atoms with van der Waals surface area (Å²) >= 11 is 0. The number of esters is 1. The molecule has 1 saturated heterocycles. The average molecular weight is 292 g/mol. The Labute approximate surface area is 130 Å². The van der Waals surface area contributed by atoms with E-state index in [4.69, 9.17) is 4.74 Å². The van der Waals surface area contributed by atoms with Gasteiger partial charge in [0.05, 0.1) is 12.0 Å². The van der Waals surface area contributed by atoms with Gasteiger partial charge in [-0.25, -0.2) is 0 Å². The zero-order valence-corrected chi connectivity index (χ0v) is 12.7. The van der Waals surface area contributed by atoms with Crippen molar-refractivity contribution in [3.63, 3.8) is 0 Å². The molecule has 1 aliphatic carbocycles. The Kier molecular flexibility index (Phi) is 3.07. The molecule has 2 aromatic rings. The second kappa shape index (κ2) is 4.98. The summed E-state index contributed by atoms with van der Waals surface area (Å²) in [6.45, 7) is 4.68. The first kappa shape index (κ1) is 13.6. The van der Waals surface area contributed by atoms with Gasteiger partial charge in [0, 0.05) is 5.92 Å². The molecular formula is C20H20O2. The van der Waals surface area contributed by atoms with Crippen LogP contribution in [-0.4, -0.2) is 12.6 Å². The van der Waals surface area contributed by atoms with Gasteiger partial charge < -0.3 is 4.74 Å². The summed E-state index contributed by atoms with van der Waals surface area (Å²) < 4.78 is 5.35. The molecule has 2 atom stereocenters. The van der Waals surface area contributed by atoms with Gasteiger partial charge in [-0.1, -0.05) is 54.6 Å². The maximum atomic E-state index is 12.3. The van der Waals surface area contributed by atoms with Crippen molar-refractivity contribution in [2.45, 2.75) is 25.7 Å². The van der Waals surface area contributed by atoms with E-state index < -0.39 is 0 Å². The average Bonchev–Trinajstić information content (AvgIpc) is 3.01. The Morgan fingerprint density at radius 1 is 1.18 bits per heavy atom. The highest BCUT2D eigenvalue weighted by molar-refractivity contribution is 5.83. The van der Waals surface area contributed by atoms with Gasteiger partial charge in [-0.3, -0.25) is 4.79 Å². The van der Waals surface area contributed by atoms with Crippen LogP contribution in [0.1, 0.15) is 24.8 Å². The molecule has 2 heteroatoms. The van der Waals surface area contributed by atoms with Gasteiger partial charge in [0.2, 0.25) is 0 Å². The number of fused-ring (bicyclic) bond motifs is 2. The van der Waals surface area contributed by atoms with Crippen molar-refractivity contribution < 1.29 is 9.53 Å². The van der Waals surface area contributed by atoms with Crippen molar-refractivity contribution in [2.75, 3.05) is 6.61 Å². The van der Waals surface area contributed by atoms with Crippen LogP contribution in [0.3, 0.4) is 0 Å². The second-order valence-corrected chi connectivity index (χ2v) is 6.76. The normalized spacial score (nSPS) is 27.2. The molecule has 2 aliphatic rings. The Morgan fingerprint density at radius 2 is 2.00 bits per heavy atom. The third-order valence-electron chi connectivity index (χ3n) is 5.38. The van der Waals surface area contributed by atoms with E-state index in [1.54, 1.807) is 0 Å². The second-order valence-electron chi connectivity index (χ2n) is 6.76. The SMILES string of the molecule is C=C1CC2COC(=O)C2(CCc2ccc3ccccc3c2)C1. The number of allylic oxidation sites excluding steroid dienone is 1. The summed E-state index contributed by atoms with van der Waals surface area (Å²) in [6.07, 6.45) is 3.55. The molecule has 0 aromatic heterocycles. The highest BCUT2D eigenvalue weighted by atomic mass is 16.5. The van der Waals surface area contributed by atoms with Gasteiger partial charge in [0.1, 0.15) is 0 Å². The molecule has 0 amide bonds. The van der Waals surface area contributed by atoms with E-state index in [1.807, 2.05) is 0 Å². The predicted octanol–water partition coefficient (Wildman–Crippen LogP) is 4.28. The smallest absolute Gasteiger partial charge is 0.312 e. The van der Waals surface area contributed by atoms with Crippen LogP contribution in [-0.2, 0) is 16.0 Å². The molecule has 0 bridgehead atoms. The van der Waals surface area contributed by atoms with E-state index in [0.717, 1.165) is 25.7 Å². The highest BCUT2D eigenvalue weighted by Gasteiger charge is 2.55. The Balaban J connectivity index is 1.58. The van der Waals surface area contributed by atoms with Gasteiger partial charge in [-0.05, 0) is 42.0 Å². The van der Waals surface area contributed by atoms with Gasteiger partial charge in [-0.15, -0.1) is 0 Å². The maximum absolute atomic E-state index is 12.3. The molecule has 1 saturated carbocycles. The molecule has 2 nitrogen and oxygen atoms in total. The van der Waals surface area contributed by atoms with Crippen molar-refractivity contribution in [3.8, 4) is 0 Å². The molecule has 0 radical (unpaired) electrons. The fraction of sp³-hybridized carbons (Fsp3) is 0.350. The Bertz CT molecular complexity index is 761. The lowest BCUT2D eigenvalue weighted by atomic mass is 9.75. The third kappa shape index (κ3) is 2.06. The van der Waals surface area contributed by atoms with Crippen LogP contribution in [0.4, 0.5) is 0 Å². The van der Waals surface area contributed by atoms with E-state index >= 15 is 0 Å². The maximum Gasteiger partial charge on any atom is 0.312 e. The number of aryl methyl sites for hydroxylation is 1. The molecule has 2 aromatic carbocycles. The molecule has 0 N–H and O–H groups in total. The zero-order valence-electron chi connectivity index (χ0n) is 12.7. The van der Waals surface area contributed by atoms with E-state index in [-0.39, 0.29) is 11.4 Å². The minimum atomic E-state index is -0.303. The molecule has 112 valence electrons. The van der Waals surface area contributed by atoms with Crippen molar-refractivity contribution in [3.05, 3.63) is 60.2 Å². The lowest BCUT2D eigenvalue weighted by Gasteiger charge is -2.23. The van der Waals surface area contributed by atoms with Gasteiger partial charge in [0.25, 0.3) is 0 Å². The number of rotatable bonds is 3. The van der Waals surface area contributed by atoms with Crippen LogP contribution in [0.2, 0.25) is 0 Å². The number of carbonyl (C=O) groups is 1. The molecular weight excluding hydrogens is 272 g/mol. The van der Waals surface area contributed by atoms with Crippen LogP contribution in [0.5, 0.6) is 0 Å². The van der Waals surface area contributed by atoms with Crippen LogP contribution in [0.15, 0.2) is 54.6 Å². The topological polar surface area (TPSA) is 26.3 Å². The van der Waals surface area contributed by atoms with Crippen molar-refractivity contribution >= 4 is 16.7 Å². The molecule has 2 fully saturated rings. The first-order valence-electron chi connectivity index (χ1n) is 7.99. The van der Waals surface area contributed by atoms with Gasteiger partial charge in [0.15, 0.2) is 0 Å². The Morgan fingerprint density at radius 3 is 2.86 bits per heavy atom. The summed E-state index contributed by atoms with van der Waals surface area (Å²) in [7, 11) is 0.